The van der Waals surface area contributed by atoms with Crippen molar-refractivity contribution in [1.29, 1.82) is 0 Å². The van der Waals surface area contributed by atoms with Crippen molar-refractivity contribution >= 4 is 27.4 Å². The highest BCUT2D eigenvalue weighted by Crippen LogP contribution is 2.29. The molecule has 2 amide bonds. The number of nitrogens with one attached hydrogen (secondary N) is 1. The maximum atomic E-state index is 12.4. The third kappa shape index (κ3) is 3.44. The minimum atomic E-state index is -3.20. The number of rotatable bonds is 3. The van der Waals surface area contributed by atoms with Gasteiger partial charge < -0.3 is 10.2 Å². The molecule has 4 heterocycles. The molecule has 0 aliphatic carbocycles. The Hall–Kier alpha value is -1.12. The largest absolute Gasteiger partial charge is 0.333 e. The van der Waals surface area contributed by atoms with E-state index in [2.05, 4.69) is 5.32 Å². The molecule has 6 nitrogen and oxygen atoms in total. The minimum Gasteiger partial charge on any atom is -0.333 e. The summed E-state index contributed by atoms with van der Waals surface area (Å²) in [5.74, 6) is 0.237. The molecular weight excluding hydrogens is 322 g/mol. The minimum absolute atomic E-state index is 0.0168. The lowest BCUT2D eigenvalue weighted by Crippen LogP contribution is -2.51. The first-order valence-corrected chi connectivity index (χ1v) is 10.2. The van der Waals surface area contributed by atoms with Crippen molar-refractivity contribution in [2.75, 3.05) is 25.9 Å². The van der Waals surface area contributed by atoms with Gasteiger partial charge in [0.1, 0.15) is 0 Å². The molecule has 1 aromatic heterocycles. The van der Waals surface area contributed by atoms with Gasteiger partial charge in [0.25, 0.3) is 0 Å². The summed E-state index contributed by atoms with van der Waals surface area (Å²) < 4.78 is 25.2. The summed E-state index contributed by atoms with van der Waals surface area (Å²) >= 11 is 1.61. The lowest BCUT2D eigenvalue weighted by Gasteiger charge is -2.36. The molecule has 2 bridgehead atoms. The molecule has 3 saturated heterocycles. The predicted molar refractivity (Wildman–Crippen MR) is 86.2 cm³/mol. The molecule has 2 atom stereocenters. The third-order valence-electron chi connectivity index (χ3n) is 4.40. The molecule has 22 heavy (non-hydrogen) atoms. The van der Waals surface area contributed by atoms with Gasteiger partial charge in [-0.05, 0) is 30.2 Å². The third-order valence-corrected chi connectivity index (χ3v) is 6.52. The molecule has 3 fully saturated rings. The fourth-order valence-corrected chi connectivity index (χ4v) is 4.80. The van der Waals surface area contributed by atoms with Crippen LogP contribution in [0.4, 0.5) is 4.79 Å². The molecule has 0 saturated carbocycles. The van der Waals surface area contributed by atoms with Crippen molar-refractivity contribution in [1.82, 2.24) is 14.5 Å². The van der Waals surface area contributed by atoms with Gasteiger partial charge in [0.2, 0.25) is 10.0 Å². The summed E-state index contributed by atoms with van der Waals surface area (Å²) in [7, 11) is -3.20. The van der Waals surface area contributed by atoms with Gasteiger partial charge in [-0.3, -0.25) is 0 Å². The molecule has 0 radical (unpaired) electrons. The van der Waals surface area contributed by atoms with E-state index >= 15 is 0 Å². The van der Waals surface area contributed by atoms with Gasteiger partial charge in [-0.25, -0.2) is 13.2 Å². The topological polar surface area (TPSA) is 69.7 Å². The number of nitrogens with zero attached hydrogens (tertiary/aromatic N) is 2. The summed E-state index contributed by atoms with van der Waals surface area (Å²) in [5.41, 5.74) is 0. The van der Waals surface area contributed by atoms with E-state index in [0.29, 0.717) is 26.2 Å². The van der Waals surface area contributed by atoms with Crippen molar-refractivity contribution < 1.29 is 13.2 Å². The van der Waals surface area contributed by atoms with Gasteiger partial charge >= 0.3 is 6.03 Å². The highest BCUT2D eigenvalue weighted by Gasteiger charge is 2.39. The molecule has 1 N–H and O–H groups in total. The normalized spacial score (nSPS) is 26.0. The Labute approximate surface area is 135 Å². The Bertz CT molecular complexity index is 630. The molecule has 122 valence electrons. The van der Waals surface area contributed by atoms with Crippen LogP contribution in [0.5, 0.6) is 0 Å². The zero-order valence-electron chi connectivity index (χ0n) is 12.6. The standard InChI is InChI=1S/C14H21N3O3S2/c1-22(19,20)16-8-11-4-5-12(10-16)17(9-11)14(18)15-7-13-3-2-6-21-13/h2-3,6,11-12H,4-5,7-10H2,1H3,(H,15,18)/t11-,12+/m0/s1. The van der Waals surface area contributed by atoms with Gasteiger partial charge in [0, 0.05) is 30.6 Å². The number of fused-ring (bicyclic) bond motifs is 4. The van der Waals surface area contributed by atoms with Crippen LogP contribution < -0.4 is 5.32 Å². The van der Waals surface area contributed by atoms with Crippen LogP contribution in [0, 0.1) is 5.92 Å². The van der Waals surface area contributed by atoms with E-state index in [1.54, 1.807) is 11.3 Å². The second-order valence-corrected chi connectivity index (χ2v) is 9.08. The monoisotopic (exact) mass is 343 g/mol. The number of amides is 2. The summed E-state index contributed by atoms with van der Waals surface area (Å²) in [6.45, 7) is 2.12. The van der Waals surface area contributed by atoms with Gasteiger partial charge in [-0.2, -0.15) is 4.31 Å². The average Bonchev–Trinajstić information content (AvgIpc) is 2.80. The van der Waals surface area contributed by atoms with Crippen LogP contribution in [0.15, 0.2) is 17.5 Å². The van der Waals surface area contributed by atoms with E-state index in [4.69, 9.17) is 0 Å². The molecule has 1 aromatic rings. The van der Waals surface area contributed by atoms with Crippen molar-refractivity contribution in [3.05, 3.63) is 22.4 Å². The Morgan fingerprint density at radius 3 is 2.86 bits per heavy atom. The molecule has 3 aliphatic heterocycles. The molecule has 0 unspecified atom stereocenters. The van der Waals surface area contributed by atoms with E-state index in [9.17, 15) is 13.2 Å². The molecule has 0 spiro atoms. The maximum absolute atomic E-state index is 12.4. The van der Waals surface area contributed by atoms with E-state index in [1.165, 1.54) is 10.6 Å². The highest BCUT2D eigenvalue weighted by atomic mass is 32.2. The van der Waals surface area contributed by atoms with E-state index in [0.717, 1.165) is 17.7 Å². The lowest BCUT2D eigenvalue weighted by atomic mass is 9.95. The maximum Gasteiger partial charge on any atom is 0.317 e. The summed E-state index contributed by atoms with van der Waals surface area (Å²) in [6, 6.07) is 3.85. The SMILES string of the molecule is CS(=O)(=O)N1C[C@@H]2CC[C@H](C1)N(C(=O)NCc1cccs1)C2. The molecule has 3 aliphatic rings. The van der Waals surface area contributed by atoms with Crippen LogP contribution in [0.3, 0.4) is 0 Å². The van der Waals surface area contributed by atoms with Crippen molar-refractivity contribution in [2.24, 2.45) is 5.92 Å². The highest BCUT2D eigenvalue weighted by molar-refractivity contribution is 7.88. The Balaban J connectivity index is 1.66. The zero-order chi connectivity index (χ0) is 15.7. The fraction of sp³-hybridized carbons (Fsp3) is 0.643. The summed E-state index contributed by atoms with van der Waals surface area (Å²) in [4.78, 5) is 15.4. The first-order valence-electron chi connectivity index (χ1n) is 7.45. The quantitative estimate of drug-likeness (QED) is 0.900. The summed E-state index contributed by atoms with van der Waals surface area (Å²) in [6.07, 6.45) is 3.12. The number of thiophene rings is 1. The molecule has 4 rings (SSSR count). The Kier molecular flexibility index (Phi) is 4.42. The van der Waals surface area contributed by atoms with Gasteiger partial charge in [-0.1, -0.05) is 6.07 Å². The smallest absolute Gasteiger partial charge is 0.317 e. The average molecular weight is 343 g/mol. The van der Waals surface area contributed by atoms with E-state index in [1.807, 2.05) is 22.4 Å². The number of hydrogen-bond donors (Lipinski definition) is 1. The van der Waals surface area contributed by atoms with E-state index in [-0.39, 0.29) is 18.0 Å². The van der Waals surface area contributed by atoms with E-state index < -0.39 is 10.0 Å². The van der Waals surface area contributed by atoms with Crippen molar-refractivity contribution in [3.63, 3.8) is 0 Å². The number of carbonyl (C=O) groups is 1. The van der Waals surface area contributed by atoms with Gasteiger partial charge in [-0.15, -0.1) is 11.3 Å². The molecular formula is C14H21N3O3S2. The number of piperidine rings is 1. The van der Waals surface area contributed by atoms with Crippen LogP contribution in [0.2, 0.25) is 0 Å². The summed E-state index contributed by atoms with van der Waals surface area (Å²) in [5, 5.41) is 4.94. The van der Waals surface area contributed by atoms with Crippen LogP contribution >= 0.6 is 11.3 Å². The number of carbonyl (C=O) groups excluding carboxylic acids is 1. The Morgan fingerprint density at radius 2 is 2.18 bits per heavy atom. The number of urea groups is 1. The lowest BCUT2D eigenvalue weighted by molar-refractivity contribution is 0.141. The fourth-order valence-electron chi connectivity index (χ4n) is 3.24. The van der Waals surface area contributed by atoms with Gasteiger partial charge in [0.15, 0.2) is 0 Å². The predicted octanol–water partition coefficient (Wildman–Crippen LogP) is 1.31. The van der Waals surface area contributed by atoms with Crippen LogP contribution in [-0.4, -0.2) is 55.6 Å². The van der Waals surface area contributed by atoms with Crippen molar-refractivity contribution in [2.45, 2.75) is 25.4 Å². The first kappa shape index (κ1) is 15.8. The molecule has 8 heteroatoms. The van der Waals surface area contributed by atoms with Crippen LogP contribution in [0.1, 0.15) is 17.7 Å². The second-order valence-electron chi connectivity index (χ2n) is 6.07. The van der Waals surface area contributed by atoms with Crippen molar-refractivity contribution in [3.8, 4) is 0 Å². The van der Waals surface area contributed by atoms with Gasteiger partial charge in [0.05, 0.1) is 12.8 Å². The first-order chi connectivity index (χ1) is 10.4. The van der Waals surface area contributed by atoms with Crippen LogP contribution in [-0.2, 0) is 16.6 Å². The second kappa shape index (κ2) is 6.17. The number of hydrogen-bond acceptors (Lipinski definition) is 4. The Morgan fingerprint density at radius 1 is 1.36 bits per heavy atom. The number of sulfonamides is 1. The van der Waals surface area contributed by atoms with Crippen LogP contribution in [0.25, 0.3) is 0 Å². The molecule has 0 aromatic carbocycles. The zero-order valence-corrected chi connectivity index (χ0v) is 14.2.